The summed E-state index contributed by atoms with van der Waals surface area (Å²) in [5, 5.41) is 15.1. The van der Waals surface area contributed by atoms with E-state index in [0.717, 1.165) is 11.3 Å². The quantitative estimate of drug-likeness (QED) is 0.373. The second-order valence-electron chi connectivity index (χ2n) is 6.04. The number of methoxy groups -OCH3 is 1. The second-order valence-corrected chi connectivity index (χ2v) is 7.05. The number of aromatic nitrogens is 3. The summed E-state index contributed by atoms with van der Waals surface area (Å²) in [4.78, 5) is 27.8. The summed E-state index contributed by atoms with van der Waals surface area (Å²) in [6, 6.07) is 13.6. The van der Waals surface area contributed by atoms with Crippen molar-refractivity contribution in [1.82, 2.24) is 14.6 Å². The van der Waals surface area contributed by atoms with Crippen molar-refractivity contribution in [3.63, 3.8) is 0 Å². The number of nitro groups is 1. The van der Waals surface area contributed by atoms with Gasteiger partial charge in [-0.1, -0.05) is 41.7 Å². The van der Waals surface area contributed by atoms with Gasteiger partial charge < -0.3 is 4.74 Å². The van der Waals surface area contributed by atoms with Crippen LogP contribution in [0.1, 0.15) is 17.0 Å². The van der Waals surface area contributed by atoms with Crippen molar-refractivity contribution >= 4 is 40.2 Å². The molecule has 0 saturated carbocycles. The van der Waals surface area contributed by atoms with Gasteiger partial charge in [-0.2, -0.15) is 9.50 Å². The van der Waals surface area contributed by atoms with Gasteiger partial charge in [0.25, 0.3) is 11.2 Å². The molecule has 0 fully saturated rings. The molecule has 2 aromatic heterocycles. The van der Waals surface area contributed by atoms with Crippen LogP contribution in [-0.2, 0) is 0 Å². The number of nitro benzene ring substituents is 1. The first kappa shape index (κ1) is 18.5. The summed E-state index contributed by atoms with van der Waals surface area (Å²) in [5.74, 6) is 1.19. The third-order valence-corrected chi connectivity index (χ3v) is 5.08. The minimum absolute atomic E-state index is 0.0309. The Hall–Kier alpha value is -3.85. The Balaban J connectivity index is 1.63. The van der Waals surface area contributed by atoms with Crippen molar-refractivity contribution < 1.29 is 9.66 Å². The van der Waals surface area contributed by atoms with E-state index in [4.69, 9.17) is 4.74 Å². The van der Waals surface area contributed by atoms with E-state index in [2.05, 4.69) is 10.1 Å². The lowest BCUT2D eigenvalue weighted by atomic mass is 10.2. The number of benzene rings is 2. The Morgan fingerprint density at radius 2 is 1.93 bits per heavy atom. The fraction of sp³-hybridized carbons (Fsp3) is 0.0500. The molecule has 0 aliphatic rings. The predicted molar refractivity (Wildman–Crippen MR) is 111 cm³/mol. The maximum absolute atomic E-state index is 12.6. The molecular weight excluding hydrogens is 392 g/mol. The van der Waals surface area contributed by atoms with Crippen LogP contribution in [0.25, 0.3) is 23.2 Å². The van der Waals surface area contributed by atoms with E-state index in [0.29, 0.717) is 20.9 Å². The molecule has 0 N–H and O–H groups in total. The van der Waals surface area contributed by atoms with Crippen LogP contribution in [0, 0.1) is 10.1 Å². The third kappa shape index (κ3) is 3.90. The van der Waals surface area contributed by atoms with Gasteiger partial charge in [0.2, 0.25) is 4.96 Å². The molecule has 0 unspecified atom stereocenters. The molecule has 4 rings (SSSR count). The molecule has 2 heterocycles. The molecule has 144 valence electrons. The number of rotatable bonds is 5. The van der Waals surface area contributed by atoms with Gasteiger partial charge in [0.1, 0.15) is 5.75 Å². The predicted octanol–water partition coefficient (Wildman–Crippen LogP) is 2.79. The monoisotopic (exact) mass is 406 g/mol. The molecule has 0 saturated heterocycles. The zero-order valence-electron chi connectivity index (χ0n) is 15.2. The van der Waals surface area contributed by atoms with Crippen molar-refractivity contribution in [2.75, 3.05) is 7.11 Å². The fourth-order valence-corrected chi connectivity index (χ4v) is 3.60. The topological polar surface area (TPSA) is 99.6 Å². The summed E-state index contributed by atoms with van der Waals surface area (Å²) in [5.41, 5.74) is 1.18. The van der Waals surface area contributed by atoms with Gasteiger partial charge in [-0.05, 0) is 35.4 Å². The highest BCUT2D eigenvalue weighted by Gasteiger charge is 2.10. The first-order valence-electron chi connectivity index (χ1n) is 8.51. The lowest BCUT2D eigenvalue weighted by Gasteiger charge is -1.98. The average Bonchev–Trinajstić information content (AvgIpc) is 3.26. The van der Waals surface area contributed by atoms with Crippen molar-refractivity contribution in [3.05, 3.63) is 90.5 Å². The minimum Gasteiger partial charge on any atom is -0.497 e. The number of fused-ring (bicyclic) bond motifs is 1. The van der Waals surface area contributed by atoms with E-state index in [9.17, 15) is 14.9 Å². The van der Waals surface area contributed by atoms with E-state index in [1.807, 2.05) is 30.3 Å². The Bertz CT molecular complexity index is 1340. The lowest BCUT2D eigenvalue weighted by Crippen LogP contribution is -2.23. The molecule has 4 aromatic rings. The summed E-state index contributed by atoms with van der Waals surface area (Å²) in [7, 11) is 1.61. The maximum atomic E-state index is 12.6. The summed E-state index contributed by atoms with van der Waals surface area (Å²) in [6.45, 7) is 0. The van der Waals surface area contributed by atoms with Crippen molar-refractivity contribution in [1.29, 1.82) is 0 Å². The fourth-order valence-electron chi connectivity index (χ4n) is 2.68. The Morgan fingerprint density at radius 3 is 2.62 bits per heavy atom. The molecule has 0 radical (unpaired) electrons. The molecule has 0 amide bonds. The highest BCUT2D eigenvalue weighted by molar-refractivity contribution is 7.15. The van der Waals surface area contributed by atoms with Crippen molar-refractivity contribution in [3.8, 4) is 5.75 Å². The lowest BCUT2D eigenvalue weighted by molar-refractivity contribution is -0.384. The van der Waals surface area contributed by atoms with Gasteiger partial charge in [-0.3, -0.25) is 14.9 Å². The third-order valence-electron chi connectivity index (χ3n) is 4.12. The van der Waals surface area contributed by atoms with Crippen molar-refractivity contribution in [2.24, 2.45) is 0 Å². The van der Waals surface area contributed by atoms with Crippen LogP contribution < -0.4 is 14.8 Å². The summed E-state index contributed by atoms with van der Waals surface area (Å²) >= 11 is 1.18. The first-order valence-corrected chi connectivity index (χ1v) is 9.33. The molecular formula is C20H14N4O4S. The minimum atomic E-state index is -0.473. The summed E-state index contributed by atoms with van der Waals surface area (Å²) in [6.07, 6.45) is 5.17. The number of hydrogen-bond donors (Lipinski definition) is 0. The zero-order valence-corrected chi connectivity index (χ0v) is 16.0. The molecule has 0 aliphatic heterocycles. The number of hydrogen-bond acceptors (Lipinski definition) is 7. The molecule has 8 nitrogen and oxygen atoms in total. The smallest absolute Gasteiger partial charge is 0.291 e. The van der Waals surface area contributed by atoms with E-state index >= 15 is 0 Å². The SMILES string of the molecule is COc1ccc(C=Cc2nc3sc(=Cc4cccc([N+](=O)[O-])c4)c(=O)n3n2)cc1. The Labute approximate surface area is 168 Å². The maximum Gasteiger partial charge on any atom is 0.291 e. The van der Waals surface area contributed by atoms with Crippen LogP contribution in [0.2, 0.25) is 0 Å². The summed E-state index contributed by atoms with van der Waals surface area (Å²) < 4.78 is 6.77. The highest BCUT2D eigenvalue weighted by Crippen LogP contribution is 2.15. The molecule has 29 heavy (non-hydrogen) atoms. The standard InChI is InChI=1S/C20H14N4O4S/c1-28-16-8-5-13(6-9-16)7-10-18-21-20-23(22-18)19(25)17(29-20)12-14-3-2-4-15(11-14)24(26)27/h2-12H,1H3. The van der Waals surface area contributed by atoms with Crippen LogP contribution >= 0.6 is 11.3 Å². The molecule has 0 spiro atoms. The van der Waals surface area contributed by atoms with Gasteiger partial charge in [-0.25, -0.2) is 0 Å². The Morgan fingerprint density at radius 1 is 1.14 bits per heavy atom. The van der Waals surface area contributed by atoms with E-state index in [1.54, 1.807) is 31.4 Å². The van der Waals surface area contributed by atoms with Crippen LogP contribution in [0.15, 0.2) is 53.3 Å². The van der Waals surface area contributed by atoms with Gasteiger partial charge >= 0.3 is 0 Å². The van der Waals surface area contributed by atoms with Crippen molar-refractivity contribution in [2.45, 2.75) is 0 Å². The molecule has 9 heteroatoms. The van der Waals surface area contributed by atoms with E-state index < -0.39 is 4.92 Å². The van der Waals surface area contributed by atoms with Crippen LogP contribution in [-0.4, -0.2) is 26.6 Å². The number of thiazole rings is 1. The van der Waals surface area contributed by atoms with Gasteiger partial charge in [0.05, 0.1) is 16.6 Å². The Kier molecular flexibility index (Phi) is 4.88. The largest absolute Gasteiger partial charge is 0.497 e. The van der Waals surface area contributed by atoms with Crippen LogP contribution in [0.5, 0.6) is 5.75 Å². The van der Waals surface area contributed by atoms with Gasteiger partial charge in [0, 0.05) is 12.1 Å². The van der Waals surface area contributed by atoms with Gasteiger partial charge in [-0.15, -0.1) is 5.10 Å². The molecule has 0 bridgehead atoms. The van der Waals surface area contributed by atoms with Crippen LogP contribution in [0.4, 0.5) is 5.69 Å². The zero-order chi connectivity index (χ0) is 20.4. The number of nitrogens with zero attached hydrogens (tertiary/aromatic N) is 4. The average molecular weight is 406 g/mol. The number of non-ortho nitro benzene ring substituents is 1. The number of ether oxygens (including phenoxy) is 1. The first-order chi connectivity index (χ1) is 14.0. The highest BCUT2D eigenvalue weighted by atomic mass is 32.1. The molecule has 2 aromatic carbocycles. The normalized spacial score (nSPS) is 12.1. The molecule has 0 aliphatic carbocycles. The van der Waals surface area contributed by atoms with Crippen LogP contribution in [0.3, 0.4) is 0 Å². The second kappa shape index (κ2) is 7.64. The molecule has 0 atom stereocenters. The van der Waals surface area contributed by atoms with E-state index in [-0.39, 0.29) is 11.2 Å². The van der Waals surface area contributed by atoms with E-state index in [1.165, 1.54) is 28.0 Å². The van der Waals surface area contributed by atoms with Gasteiger partial charge in [0.15, 0.2) is 5.82 Å².